The Kier molecular flexibility index (Phi) is 5.79. The lowest BCUT2D eigenvalue weighted by Gasteiger charge is -2.26. The quantitative estimate of drug-likeness (QED) is 0.777. The molecule has 0 saturated heterocycles. The maximum Gasteiger partial charge on any atom is 0.408 e. The van der Waals surface area contributed by atoms with E-state index in [9.17, 15) is 19.8 Å². The molecule has 0 aliphatic carbocycles. The van der Waals surface area contributed by atoms with E-state index in [1.165, 1.54) is 12.1 Å². The maximum atomic E-state index is 11.8. The predicted molar refractivity (Wildman–Crippen MR) is 81.9 cm³/mol. The minimum atomic E-state index is -1.13. The molecule has 0 aliphatic heterocycles. The topological polar surface area (TPSA) is 95.9 Å². The van der Waals surface area contributed by atoms with Crippen LogP contribution in [0.4, 0.5) is 4.79 Å². The van der Waals surface area contributed by atoms with Crippen LogP contribution in [0, 0.1) is 0 Å². The molecule has 3 N–H and O–H groups in total. The second-order valence-corrected chi connectivity index (χ2v) is 6.07. The number of hydrogen-bond acceptors (Lipinski definition) is 4. The predicted octanol–water partition coefficient (Wildman–Crippen LogP) is 2.86. The molecule has 0 heterocycles. The highest BCUT2D eigenvalue weighted by atomic mass is 16.6. The van der Waals surface area contributed by atoms with Crippen molar-refractivity contribution in [2.24, 2.45) is 0 Å². The van der Waals surface area contributed by atoms with Crippen molar-refractivity contribution in [3.63, 3.8) is 0 Å². The molecule has 0 bridgehead atoms. The highest BCUT2D eigenvalue weighted by Gasteiger charge is 2.31. The molecular formula is C16H23NO5. The minimum absolute atomic E-state index is 0.102. The summed E-state index contributed by atoms with van der Waals surface area (Å²) in [5.41, 5.74) is 0.0247. The average Bonchev–Trinajstić information content (AvgIpc) is 2.38. The number of hydrogen-bond donors (Lipinski definition) is 3. The summed E-state index contributed by atoms with van der Waals surface area (Å²) < 4.78 is 5.11. The molecule has 6 heteroatoms. The molecule has 1 aromatic carbocycles. The van der Waals surface area contributed by atoms with Crippen LogP contribution in [0.3, 0.4) is 0 Å². The van der Waals surface area contributed by atoms with Crippen molar-refractivity contribution < 1.29 is 24.5 Å². The molecule has 0 unspecified atom stereocenters. The smallest absolute Gasteiger partial charge is 0.408 e. The van der Waals surface area contributed by atoms with Gasteiger partial charge in [0.1, 0.15) is 17.4 Å². The number of carbonyl (C=O) groups excluding carboxylic acids is 1. The third kappa shape index (κ3) is 5.27. The van der Waals surface area contributed by atoms with Crippen LogP contribution in [-0.4, -0.2) is 33.9 Å². The summed E-state index contributed by atoms with van der Waals surface area (Å²) in [5, 5.41) is 21.2. The summed E-state index contributed by atoms with van der Waals surface area (Å²) >= 11 is 0. The monoisotopic (exact) mass is 309 g/mol. The van der Waals surface area contributed by atoms with Crippen LogP contribution in [0.15, 0.2) is 24.3 Å². The van der Waals surface area contributed by atoms with Crippen molar-refractivity contribution >= 4 is 12.1 Å². The number of nitrogens with one attached hydrogen (secondary N) is 1. The number of phenols is 1. The number of phenolic OH excluding ortho intramolecular Hbond substituents is 1. The van der Waals surface area contributed by atoms with Gasteiger partial charge < -0.3 is 20.3 Å². The molecule has 0 spiro atoms. The highest BCUT2D eigenvalue weighted by Crippen LogP contribution is 2.25. The third-order valence-electron chi connectivity index (χ3n) is 3.10. The fourth-order valence-electron chi connectivity index (χ4n) is 2.15. The summed E-state index contributed by atoms with van der Waals surface area (Å²) in [6.07, 6.45) is -0.255. The zero-order chi connectivity index (χ0) is 16.9. The zero-order valence-corrected chi connectivity index (χ0v) is 13.3. The Hall–Kier alpha value is -2.24. The lowest BCUT2D eigenvalue weighted by Crippen LogP contribution is -2.46. The van der Waals surface area contributed by atoms with Gasteiger partial charge in [-0.2, -0.15) is 0 Å². The van der Waals surface area contributed by atoms with Crippen LogP contribution >= 0.6 is 0 Å². The number of alkyl carbamates (subject to hydrolysis) is 1. The molecular weight excluding hydrogens is 286 g/mol. The lowest BCUT2D eigenvalue weighted by molar-refractivity contribution is -0.140. The second kappa shape index (κ2) is 7.15. The Morgan fingerprint density at radius 1 is 1.23 bits per heavy atom. The van der Waals surface area contributed by atoms with Gasteiger partial charge in [0.05, 0.1) is 0 Å². The van der Waals surface area contributed by atoms with E-state index in [1.54, 1.807) is 32.9 Å². The van der Waals surface area contributed by atoms with E-state index < -0.39 is 29.6 Å². The van der Waals surface area contributed by atoms with Gasteiger partial charge in [0.2, 0.25) is 0 Å². The summed E-state index contributed by atoms with van der Waals surface area (Å²) in [5.74, 6) is -1.46. The number of aromatic hydroxyl groups is 1. The van der Waals surface area contributed by atoms with Gasteiger partial charge in [0.15, 0.2) is 0 Å². The average molecular weight is 309 g/mol. The lowest BCUT2D eigenvalue weighted by atomic mass is 9.89. The van der Waals surface area contributed by atoms with Crippen molar-refractivity contribution in [3.8, 4) is 5.75 Å². The van der Waals surface area contributed by atoms with E-state index in [0.717, 1.165) is 5.56 Å². The van der Waals surface area contributed by atoms with Crippen molar-refractivity contribution in [1.29, 1.82) is 0 Å². The molecule has 0 aromatic heterocycles. The Morgan fingerprint density at radius 3 is 2.18 bits per heavy atom. The summed E-state index contributed by atoms with van der Waals surface area (Å²) in [7, 11) is 0. The van der Waals surface area contributed by atoms with Gasteiger partial charge in [-0.3, -0.25) is 0 Å². The van der Waals surface area contributed by atoms with Crippen LogP contribution in [0.2, 0.25) is 0 Å². The molecule has 1 amide bonds. The van der Waals surface area contributed by atoms with Crippen LogP contribution in [0.25, 0.3) is 0 Å². The normalized spacial score (nSPS) is 14.0. The second-order valence-electron chi connectivity index (χ2n) is 6.07. The number of carbonyl (C=O) groups is 2. The highest BCUT2D eigenvalue weighted by molar-refractivity contribution is 5.81. The van der Waals surface area contributed by atoms with Crippen molar-refractivity contribution in [2.45, 2.75) is 51.7 Å². The largest absolute Gasteiger partial charge is 0.508 e. The van der Waals surface area contributed by atoms with E-state index >= 15 is 0 Å². The van der Waals surface area contributed by atoms with Crippen molar-refractivity contribution in [2.75, 3.05) is 0 Å². The number of aliphatic carboxylic acids is 1. The first-order valence-corrected chi connectivity index (χ1v) is 7.15. The Balaban J connectivity index is 2.94. The molecule has 1 aromatic rings. The Labute approximate surface area is 130 Å². The van der Waals surface area contributed by atoms with Gasteiger partial charge in [-0.05, 0) is 44.9 Å². The fraction of sp³-hybridized carbons (Fsp3) is 0.500. The molecule has 22 heavy (non-hydrogen) atoms. The van der Waals surface area contributed by atoms with Crippen LogP contribution < -0.4 is 5.32 Å². The van der Waals surface area contributed by atoms with Crippen LogP contribution in [0.1, 0.15) is 45.6 Å². The van der Waals surface area contributed by atoms with E-state index in [4.69, 9.17) is 4.74 Å². The summed E-state index contributed by atoms with van der Waals surface area (Å²) in [4.78, 5) is 23.4. The van der Waals surface area contributed by atoms with Crippen LogP contribution in [0.5, 0.6) is 5.75 Å². The molecule has 0 fully saturated rings. The van der Waals surface area contributed by atoms with Gasteiger partial charge in [0, 0.05) is 5.92 Å². The molecule has 122 valence electrons. The zero-order valence-electron chi connectivity index (χ0n) is 13.3. The molecule has 1 rings (SSSR count). The number of carboxylic acids is 1. The molecule has 6 nitrogen and oxygen atoms in total. The third-order valence-corrected chi connectivity index (χ3v) is 3.10. The van der Waals surface area contributed by atoms with E-state index in [2.05, 4.69) is 5.32 Å². The molecule has 0 aliphatic rings. The Bertz CT molecular complexity index is 518. The van der Waals surface area contributed by atoms with Gasteiger partial charge in [-0.15, -0.1) is 0 Å². The minimum Gasteiger partial charge on any atom is -0.508 e. The molecule has 0 saturated carbocycles. The van der Waals surface area contributed by atoms with Gasteiger partial charge >= 0.3 is 12.1 Å². The first kappa shape index (κ1) is 17.8. The van der Waals surface area contributed by atoms with E-state index in [1.807, 2.05) is 6.92 Å². The van der Waals surface area contributed by atoms with Crippen molar-refractivity contribution in [1.82, 2.24) is 5.32 Å². The van der Waals surface area contributed by atoms with E-state index in [-0.39, 0.29) is 5.75 Å². The van der Waals surface area contributed by atoms with Gasteiger partial charge in [-0.1, -0.05) is 19.1 Å². The molecule has 0 radical (unpaired) electrons. The van der Waals surface area contributed by atoms with Gasteiger partial charge in [0.25, 0.3) is 0 Å². The van der Waals surface area contributed by atoms with Crippen LogP contribution in [-0.2, 0) is 9.53 Å². The number of benzene rings is 1. The van der Waals surface area contributed by atoms with E-state index in [0.29, 0.717) is 6.42 Å². The maximum absolute atomic E-state index is 11.8. The Morgan fingerprint density at radius 2 is 1.77 bits per heavy atom. The SMILES string of the molecule is CC[C@@H](c1ccc(O)cc1)[C@H](NC(=O)OC(C)(C)C)C(=O)O. The first-order valence-electron chi connectivity index (χ1n) is 7.15. The number of ether oxygens (including phenoxy) is 1. The number of rotatable bonds is 5. The number of carboxylic acid groups (broad SMARTS) is 1. The molecule has 2 atom stereocenters. The first-order chi connectivity index (χ1) is 10.1. The summed E-state index contributed by atoms with van der Waals surface area (Å²) in [6.45, 7) is 6.96. The standard InChI is InChI=1S/C16H23NO5/c1-5-12(10-6-8-11(18)9-7-10)13(14(19)20)17-15(21)22-16(2,3)4/h6-9,12-13,18H,5H2,1-4H3,(H,17,21)(H,19,20)/t12-,13-/m0/s1. The van der Waals surface area contributed by atoms with Gasteiger partial charge in [-0.25, -0.2) is 9.59 Å². The fourth-order valence-corrected chi connectivity index (χ4v) is 2.15. The summed E-state index contributed by atoms with van der Waals surface area (Å²) in [6, 6.07) is 5.17. The number of amides is 1. The van der Waals surface area contributed by atoms with Crippen molar-refractivity contribution in [3.05, 3.63) is 29.8 Å².